The summed E-state index contributed by atoms with van der Waals surface area (Å²) in [6.45, 7) is 1.26. The van der Waals surface area contributed by atoms with Crippen molar-refractivity contribution in [2.75, 3.05) is 20.3 Å². The highest BCUT2D eigenvalue weighted by atomic mass is 16.6. The Kier molecular flexibility index (Phi) is 2.10. The van der Waals surface area contributed by atoms with Crippen LogP contribution in [0.2, 0.25) is 0 Å². The molecule has 1 heterocycles. The summed E-state index contributed by atoms with van der Waals surface area (Å²) in [6, 6.07) is 0. The molecule has 0 spiro atoms. The first kappa shape index (κ1) is 8.48. The minimum absolute atomic E-state index is 0.173. The van der Waals surface area contributed by atoms with E-state index in [2.05, 4.69) is 0 Å². The number of methoxy groups -OCH3 is 1. The Morgan fingerprint density at radius 1 is 1.58 bits per heavy atom. The lowest BCUT2D eigenvalue weighted by Gasteiger charge is -2.23. The Hall–Kier alpha value is -0.120. The zero-order valence-electron chi connectivity index (χ0n) is 7.58. The van der Waals surface area contributed by atoms with Crippen LogP contribution in [0.25, 0.3) is 0 Å². The quantitative estimate of drug-likeness (QED) is 0.673. The van der Waals surface area contributed by atoms with E-state index in [1.54, 1.807) is 7.11 Å². The molecule has 1 aliphatic heterocycles. The summed E-state index contributed by atoms with van der Waals surface area (Å²) >= 11 is 0. The van der Waals surface area contributed by atoms with Gasteiger partial charge in [0.25, 0.3) is 0 Å². The van der Waals surface area contributed by atoms with Gasteiger partial charge in [-0.1, -0.05) is 0 Å². The summed E-state index contributed by atoms with van der Waals surface area (Å²) in [7, 11) is 1.73. The summed E-state index contributed by atoms with van der Waals surface area (Å²) in [6.07, 6.45) is 4.07. The Morgan fingerprint density at radius 3 is 2.75 bits per heavy atom. The molecule has 3 heteroatoms. The van der Waals surface area contributed by atoms with Crippen LogP contribution < -0.4 is 5.73 Å². The lowest BCUT2D eigenvalue weighted by atomic mass is 9.98. The lowest BCUT2D eigenvalue weighted by Crippen LogP contribution is -2.40. The van der Waals surface area contributed by atoms with E-state index in [-0.39, 0.29) is 5.60 Å². The second-order valence-electron chi connectivity index (χ2n) is 3.98. The van der Waals surface area contributed by atoms with Crippen LogP contribution in [-0.4, -0.2) is 32.0 Å². The van der Waals surface area contributed by atoms with Crippen LogP contribution >= 0.6 is 0 Å². The van der Waals surface area contributed by atoms with Gasteiger partial charge in [0.2, 0.25) is 0 Å². The fourth-order valence-corrected chi connectivity index (χ4v) is 1.88. The van der Waals surface area contributed by atoms with E-state index >= 15 is 0 Å². The van der Waals surface area contributed by atoms with Crippen molar-refractivity contribution in [3.63, 3.8) is 0 Å². The molecule has 2 N–H and O–H groups in total. The number of hydrogen-bond donors (Lipinski definition) is 1. The first-order valence-electron chi connectivity index (χ1n) is 4.66. The number of ether oxygens (including phenoxy) is 2. The van der Waals surface area contributed by atoms with Crippen molar-refractivity contribution in [3.05, 3.63) is 0 Å². The average Bonchev–Trinajstić information content (AvgIpc) is 2.87. The van der Waals surface area contributed by atoms with Crippen LogP contribution in [-0.2, 0) is 9.47 Å². The topological polar surface area (TPSA) is 44.5 Å². The van der Waals surface area contributed by atoms with Crippen LogP contribution in [0.4, 0.5) is 0 Å². The van der Waals surface area contributed by atoms with Gasteiger partial charge in [0.05, 0.1) is 12.7 Å². The van der Waals surface area contributed by atoms with Gasteiger partial charge in [0.15, 0.2) is 0 Å². The molecule has 0 amide bonds. The Balaban J connectivity index is 1.93. The predicted octanol–water partition coefficient (Wildman–Crippen LogP) is 0.529. The van der Waals surface area contributed by atoms with Gasteiger partial charge >= 0.3 is 0 Å². The lowest BCUT2D eigenvalue weighted by molar-refractivity contribution is -0.0120. The van der Waals surface area contributed by atoms with Crippen molar-refractivity contribution in [1.29, 1.82) is 0 Å². The van der Waals surface area contributed by atoms with Gasteiger partial charge in [0.1, 0.15) is 5.60 Å². The SMILES string of the molecule is COC1(CN)COC(C2CC2)C1. The van der Waals surface area contributed by atoms with Gasteiger partial charge in [-0.25, -0.2) is 0 Å². The van der Waals surface area contributed by atoms with E-state index in [0.29, 0.717) is 19.3 Å². The summed E-state index contributed by atoms with van der Waals surface area (Å²) in [4.78, 5) is 0. The molecule has 2 fully saturated rings. The molecule has 3 nitrogen and oxygen atoms in total. The normalized spacial score (nSPS) is 42.0. The summed E-state index contributed by atoms with van der Waals surface area (Å²) < 4.78 is 11.1. The molecular weight excluding hydrogens is 154 g/mol. The highest BCUT2D eigenvalue weighted by Gasteiger charge is 2.45. The van der Waals surface area contributed by atoms with Gasteiger partial charge in [-0.2, -0.15) is 0 Å². The van der Waals surface area contributed by atoms with Gasteiger partial charge in [-0.05, 0) is 18.8 Å². The highest BCUT2D eigenvalue weighted by Crippen LogP contribution is 2.41. The fourth-order valence-electron chi connectivity index (χ4n) is 1.88. The summed E-state index contributed by atoms with van der Waals surface area (Å²) in [5.41, 5.74) is 5.48. The molecule has 1 saturated heterocycles. The van der Waals surface area contributed by atoms with Crippen molar-refractivity contribution in [2.24, 2.45) is 11.7 Å². The molecule has 0 aromatic carbocycles. The average molecular weight is 171 g/mol. The van der Waals surface area contributed by atoms with Gasteiger partial charge in [0, 0.05) is 20.1 Å². The molecule has 70 valence electrons. The predicted molar refractivity (Wildman–Crippen MR) is 45.9 cm³/mol. The second kappa shape index (κ2) is 2.98. The molecule has 2 rings (SSSR count). The zero-order chi connectivity index (χ0) is 8.60. The van der Waals surface area contributed by atoms with Crippen LogP contribution in [0.1, 0.15) is 19.3 Å². The summed E-state index contributed by atoms with van der Waals surface area (Å²) in [5, 5.41) is 0. The number of nitrogens with two attached hydrogens (primary N) is 1. The van der Waals surface area contributed by atoms with Gasteiger partial charge < -0.3 is 15.2 Å². The first-order valence-corrected chi connectivity index (χ1v) is 4.66. The second-order valence-corrected chi connectivity index (χ2v) is 3.98. The van der Waals surface area contributed by atoms with E-state index in [1.807, 2.05) is 0 Å². The Bertz CT molecular complexity index is 164. The zero-order valence-corrected chi connectivity index (χ0v) is 7.58. The standard InChI is InChI=1S/C9H17NO2/c1-11-9(5-10)4-8(12-6-9)7-2-3-7/h7-8H,2-6,10H2,1H3. The Labute approximate surface area is 73.2 Å². The molecule has 1 saturated carbocycles. The third-order valence-electron chi connectivity index (χ3n) is 3.09. The van der Waals surface area contributed by atoms with Crippen molar-refractivity contribution < 1.29 is 9.47 Å². The van der Waals surface area contributed by atoms with Crippen LogP contribution in [0.15, 0.2) is 0 Å². The van der Waals surface area contributed by atoms with Crippen molar-refractivity contribution >= 4 is 0 Å². The van der Waals surface area contributed by atoms with E-state index in [9.17, 15) is 0 Å². The third kappa shape index (κ3) is 1.37. The first-order chi connectivity index (χ1) is 5.79. The Morgan fingerprint density at radius 2 is 2.33 bits per heavy atom. The molecule has 2 atom stereocenters. The molecule has 1 aliphatic carbocycles. The monoisotopic (exact) mass is 171 g/mol. The highest BCUT2D eigenvalue weighted by molar-refractivity contribution is 4.96. The number of rotatable bonds is 3. The molecule has 12 heavy (non-hydrogen) atoms. The van der Waals surface area contributed by atoms with Gasteiger partial charge in [-0.3, -0.25) is 0 Å². The fraction of sp³-hybridized carbons (Fsp3) is 1.00. The van der Waals surface area contributed by atoms with E-state index < -0.39 is 0 Å². The maximum Gasteiger partial charge on any atom is 0.106 e. The van der Waals surface area contributed by atoms with Crippen LogP contribution in [0, 0.1) is 5.92 Å². The van der Waals surface area contributed by atoms with E-state index in [4.69, 9.17) is 15.2 Å². The minimum Gasteiger partial charge on any atom is -0.375 e. The summed E-state index contributed by atoms with van der Waals surface area (Å²) in [5.74, 6) is 0.800. The maximum atomic E-state index is 5.67. The third-order valence-corrected chi connectivity index (χ3v) is 3.09. The molecule has 0 radical (unpaired) electrons. The van der Waals surface area contributed by atoms with E-state index in [1.165, 1.54) is 12.8 Å². The van der Waals surface area contributed by atoms with Crippen molar-refractivity contribution in [3.8, 4) is 0 Å². The molecule has 0 aromatic heterocycles. The molecular formula is C9H17NO2. The minimum atomic E-state index is -0.173. The maximum absolute atomic E-state index is 5.67. The molecule has 0 bridgehead atoms. The molecule has 2 unspecified atom stereocenters. The smallest absolute Gasteiger partial charge is 0.106 e. The number of hydrogen-bond acceptors (Lipinski definition) is 3. The molecule has 0 aromatic rings. The van der Waals surface area contributed by atoms with Crippen molar-refractivity contribution in [2.45, 2.75) is 31.0 Å². The van der Waals surface area contributed by atoms with Crippen LogP contribution in [0.5, 0.6) is 0 Å². The van der Waals surface area contributed by atoms with Crippen molar-refractivity contribution in [1.82, 2.24) is 0 Å². The van der Waals surface area contributed by atoms with E-state index in [0.717, 1.165) is 12.3 Å². The molecule has 2 aliphatic rings. The van der Waals surface area contributed by atoms with Gasteiger partial charge in [-0.15, -0.1) is 0 Å². The largest absolute Gasteiger partial charge is 0.375 e. The van der Waals surface area contributed by atoms with Crippen LogP contribution in [0.3, 0.4) is 0 Å².